The summed E-state index contributed by atoms with van der Waals surface area (Å²) >= 11 is 9.85. The van der Waals surface area contributed by atoms with Gasteiger partial charge in [0.25, 0.3) is 0 Å². The topological polar surface area (TPSA) is 29.3 Å². The fraction of sp³-hybridized carbons (Fsp3) is 0.571. The van der Waals surface area contributed by atoms with Crippen LogP contribution in [0.25, 0.3) is 0 Å². The van der Waals surface area contributed by atoms with Crippen LogP contribution in [0.2, 0.25) is 5.02 Å². The van der Waals surface area contributed by atoms with E-state index >= 15 is 0 Å². The summed E-state index contributed by atoms with van der Waals surface area (Å²) in [6.07, 6.45) is 3.52. The molecular weight excluding hydrogens is 312 g/mol. The van der Waals surface area contributed by atoms with E-state index in [1.807, 2.05) is 12.1 Å². The number of nitrogens with zero attached hydrogens (tertiary/aromatic N) is 1. The Bertz CT molecular complexity index is 411. The van der Waals surface area contributed by atoms with E-state index in [9.17, 15) is 0 Å². The molecule has 0 aliphatic carbocycles. The number of likely N-dealkylation sites (tertiary alicyclic amines) is 1. The van der Waals surface area contributed by atoms with Crippen LogP contribution in [0.1, 0.15) is 37.8 Å². The van der Waals surface area contributed by atoms with Crippen LogP contribution in [0.5, 0.6) is 0 Å². The van der Waals surface area contributed by atoms with Gasteiger partial charge in [0.05, 0.1) is 6.04 Å². The van der Waals surface area contributed by atoms with Crippen LogP contribution in [0.4, 0.5) is 0 Å². The Kier molecular flexibility index (Phi) is 5.07. The molecule has 0 saturated carbocycles. The van der Waals surface area contributed by atoms with Crippen LogP contribution < -0.4 is 5.73 Å². The standard InChI is InChI=1S/C14H20BrClN2/c1-2-18-8-4-3-5-13(17)14(18)11-7-6-10(15)9-12(11)16/h6-7,9,13-14H,2-5,8,17H2,1H3. The Morgan fingerprint density at radius 2 is 2.22 bits per heavy atom. The molecule has 0 spiro atoms. The first-order chi connectivity index (χ1) is 8.63. The summed E-state index contributed by atoms with van der Waals surface area (Å²) in [5.41, 5.74) is 7.53. The first kappa shape index (κ1) is 14.3. The molecule has 1 heterocycles. The minimum atomic E-state index is 0.172. The summed E-state index contributed by atoms with van der Waals surface area (Å²) in [6, 6.07) is 6.53. The molecule has 100 valence electrons. The fourth-order valence-corrected chi connectivity index (χ4v) is 3.57. The second-order valence-corrected chi connectivity index (χ2v) is 6.22. The van der Waals surface area contributed by atoms with Crippen LogP contribution in [0.15, 0.2) is 22.7 Å². The molecule has 1 aromatic carbocycles. The van der Waals surface area contributed by atoms with Gasteiger partial charge in [0.15, 0.2) is 0 Å². The molecule has 1 aliphatic rings. The van der Waals surface area contributed by atoms with Crippen molar-refractivity contribution >= 4 is 27.5 Å². The first-order valence-corrected chi connectivity index (χ1v) is 7.75. The highest BCUT2D eigenvalue weighted by Crippen LogP contribution is 2.34. The predicted molar refractivity (Wildman–Crippen MR) is 81.0 cm³/mol. The van der Waals surface area contributed by atoms with Gasteiger partial charge >= 0.3 is 0 Å². The zero-order valence-electron chi connectivity index (χ0n) is 10.7. The molecule has 2 rings (SSSR count). The number of rotatable bonds is 2. The minimum absolute atomic E-state index is 0.172. The maximum Gasteiger partial charge on any atom is 0.0513 e. The zero-order valence-corrected chi connectivity index (χ0v) is 13.0. The highest BCUT2D eigenvalue weighted by Gasteiger charge is 2.29. The Labute approximate surface area is 123 Å². The van der Waals surface area contributed by atoms with Crippen molar-refractivity contribution < 1.29 is 0 Å². The lowest BCUT2D eigenvalue weighted by Crippen LogP contribution is -2.39. The average molecular weight is 332 g/mol. The van der Waals surface area contributed by atoms with E-state index in [0.29, 0.717) is 0 Å². The summed E-state index contributed by atoms with van der Waals surface area (Å²) in [6.45, 7) is 4.32. The van der Waals surface area contributed by atoms with Gasteiger partial charge < -0.3 is 5.73 Å². The molecule has 18 heavy (non-hydrogen) atoms. The zero-order chi connectivity index (χ0) is 13.1. The second-order valence-electron chi connectivity index (χ2n) is 4.90. The lowest BCUT2D eigenvalue weighted by molar-refractivity contribution is 0.195. The Morgan fingerprint density at radius 3 is 2.89 bits per heavy atom. The van der Waals surface area contributed by atoms with Crippen LogP contribution in [0.3, 0.4) is 0 Å². The highest BCUT2D eigenvalue weighted by molar-refractivity contribution is 9.10. The fourth-order valence-electron chi connectivity index (χ4n) is 2.79. The maximum atomic E-state index is 6.39. The Hall–Kier alpha value is -0.0900. The van der Waals surface area contributed by atoms with E-state index in [4.69, 9.17) is 17.3 Å². The molecule has 1 saturated heterocycles. The van der Waals surface area contributed by atoms with Gasteiger partial charge in [-0.25, -0.2) is 0 Å². The third-order valence-electron chi connectivity index (χ3n) is 3.72. The molecule has 2 atom stereocenters. The quantitative estimate of drug-likeness (QED) is 0.888. The number of nitrogens with two attached hydrogens (primary N) is 1. The molecule has 0 aromatic heterocycles. The molecule has 1 aliphatic heterocycles. The Balaban J connectivity index is 2.36. The second kappa shape index (κ2) is 6.38. The molecule has 2 N–H and O–H groups in total. The van der Waals surface area contributed by atoms with Crippen molar-refractivity contribution in [3.63, 3.8) is 0 Å². The summed E-state index contributed by atoms with van der Waals surface area (Å²) in [5.74, 6) is 0. The van der Waals surface area contributed by atoms with Gasteiger partial charge in [-0.15, -0.1) is 0 Å². The number of halogens is 2. The van der Waals surface area contributed by atoms with Gasteiger partial charge in [-0.2, -0.15) is 0 Å². The lowest BCUT2D eigenvalue weighted by atomic mass is 9.96. The van der Waals surface area contributed by atoms with Crippen molar-refractivity contribution in [2.24, 2.45) is 5.73 Å². The third kappa shape index (κ3) is 3.08. The van der Waals surface area contributed by atoms with E-state index in [-0.39, 0.29) is 12.1 Å². The largest absolute Gasteiger partial charge is 0.326 e. The molecule has 0 amide bonds. The minimum Gasteiger partial charge on any atom is -0.326 e. The van der Waals surface area contributed by atoms with E-state index < -0.39 is 0 Å². The summed E-state index contributed by atoms with van der Waals surface area (Å²) < 4.78 is 1.02. The van der Waals surface area contributed by atoms with Crippen molar-refractivity contribution in [3.8, 4) is 0 Å². The number of hydrogen-bond acceptors (Lipinski definition) is 2. The number of benzene rings is 1. The summed E-state index contributed by atoms with van der Waals surface area (Å²) in [7, 11) is 0. The van der Waals surface area contributed by atoms with Gasteiger partial charge in [0, 0.05) is 15.5 Å². The molecule has 4 heteroatoms. The smallest absolute Gasteiger partial charge is 0.0513 e. The van der Waals surface area contributed by atoms with Gasteiger partial charge in [0.2, 0.25) is 0 Å². The predicted octanol–water partition coefficient (Wildman–Crippen LogP) is 3.98. The van der Waals surface area contributed by atoms with Crippen LogP contribution >= 0.6 is 27.5 Å². The monoisotopic (exact) mass is 330 g/mol. The molecule has 2 unspecified atom stereocenters. The SMILES string of the molecule is CCN1CCCCC(N)C1c1ccc(Br)cc1Cl. The van der Waals surface area contributed by atoms with Gasteiger partial charge in [-0.05, 0) is 43.6 Å². The number of hydrogen-bond donors (Lipinski definition) is 1. The molecule has 0 bridgehead atoms. The van der Waals surface area contributed by atoms with Gasteiger partial charge in [-0.1, -0.05) is 46.9 Å². The van der Waals surface area contributed by atoms with Gasteiger partial charge in [-0.3, -0.25) is 4.90 Å². The maximum absolute atomic E-state index is 6.39. The Morgan fingerprint density at radius 1 is 1.44 bits per heavy atom. The summed E-state index contributed by atoms with van der Waals surface area (Å²) in [4.78, 5) is 2.45. The van der Waals surface area contributed by atoms with E-state index in [0.717, 1.165) is 34.6 Å². The van der Waals surface area contributed by atoms with Crippen molar-refractivity contribution in [2.45, 2.75) is 38.3 Å². The normalized spacial score (nSPS) is 26.0. The average Bonchev–Trinajstić information content (AvgIpc) is 2.51. The third-order valence-corrected chi connectivity index (χ3v) is 4.54. The van der Waals surface area contributed by atoms with Crippen molar-refractivity contribution in [1.29, 1.82) is 0 Å². The molecule has 1 fully saturated rings. The van der Waals surface area contributed by atoms with Crippen molar-refractivity contribution in [1.82, 2.24) is 4.90 Å². The number of likely N-dealkylation sites (N-methyl/N-ethyl adjacent to an activating group) is 1. The highest BCUT2D eigenvalue weighted by atomic mass is 79.9. The van der Waals surface area contributed by atoms with E-state index in [1.54, 1.807) is 0 Å². The molecule has 1 aromatic rings. The van der Waals surface area contributed by atoms with Crippen LogP contribution in [-0.4, -0.2) is 24.0 Å². The van der Waals surface area contributed by atoms with Crippen LogP contribution in [0, 0.1) is 0 Å². The lowest BCUT2D eigenvalue weighted by Gasteiger charge is -2.33. The summed E-state index contributed by atoms with van der Waals surface area (Å²) in [5, 5.41) is 0.810. The molecule has 0 radical (unpaired) electrons. The van der Waals surface area contributed by atoms with Crippen molar-refractivity contribution in [3.05, 3.63) is 33.3 Å². The molecular formula is C14H20BrClN2. The van der Waals surface area contributed by atoms with Crippen molar-refractivity contribution in [2.75, 3.05) is 13.1 Å². The molecule has 2 nitrogen and oxygen atoms in total. The van der Waals surface area contributed by atoms with Gasteiger partial charge in [0.1, 0.15) is 0 Å². The van der Waals surface area contributed by atoms with E-state index in [2.05, 4.69) is 33.8 Å². The van der Waals surface area contributed by atoms with E-state index in [1.165, 1.54) is 12.8 Å². The van der Waals surface area contributed by atoms with Crippen LogP contribution in [-0.2, 0) is 0 Å². The first-order valence-electron chi connectivity index (χ1n) is 6.58.